The fraction of sp³-hybridized carbons (Fsp3) is 0.250. The van der Waals surface area contributed by atoms with Gasteiger partial charge in [-0.2, -0.15) is 5.26 Å². The van der Waals surface area contributed by atoms with E-state index in [0.29, 0.717) is 0 Å². The number of benzene rings is 1. The Morgan fingerprint density at radius 2 is 1.73 bits per heavy atom. The van der Waals surface area contributed by atoms with E-state index in [1.54, 1.807) is 20.3 Å². The first-order chi connectivity index (χ1) is 7.22. The summed E-state index contributed by atoms with van der Waals surface area (Å²) in [4.78, 5) is 0. The number of nitriles is 1. The number of allylic oxidation sites excluding steroid dienone is 1. The fourth-order valence-corrected chi connectivity index (χ4v) is 1.34. The lowest BCUT2D eigenvalue weighted by Crippen LogP contribution is -1.93. The van der Waals surface area contributed by atoms with E-state index in [-0.39, 0.29) is 0 Å². The average Bonchev–Trinajstić information content (AvgIpc) is 2.27. The number of nitrogens with zero attached hydrogens (tertiary/aromatic N) is 1. The highest BCUT2D eigenvalue weighted by Crippen LogP contribution is 2.29. The topological polar surface area (TPSA) is 42.2 Å². The molecule has 1 rings (SSSR count). The monoisotopic (exact) mass is 203 g/mol. The maximum Gasteiger partial charge on any atom is 0.126 e. The molecule has 0 atom stereocenters. The number of hydrogen-bond donors (Lipinski definition) is 0. The quantitative estimate of drug-likeness (QED) is 0.709. The van der Waals surface area contributed by atoms with Gasteiger partial charge in [-0.25, -0.2) is 0 Å². The van der Waals surface area contributed by atoms with Crippen molar-refractivity contribution in [2.24, 2.45) is 0 Å². The van der Waals surface area contributed by atoms with Crippen LogP contribution in [0.5, 0.6) is 11.5 Å². The zero-order valence-corrected chi connectivity index (χ0v) is 9.07. The van der Waals surface area contributed by atoms with Gasteiger partial charge in [-0.3, -0.25) is 0 Å². The molecule has 1 aromatic carbocycles. The summed E-state index contributed by atoms with van der Waals surface area (Å²) >= 11 is 0. The molecular formula is C12H13NO2. The van der Waals surface area contributed by atoms with E-state index in [9.17, 15) is 0 Å². The van der Waals surface area contributed by atoms with E-state index in [4.69, 9.17) is 14.7 Å². The molecule has 0 saturated carbocycles. The average molecular weight is 203 g/mol. The van der Waals surface area contributed by atoms with E-state index in [1.807, 2.05) is 25.1 Å². The molecule has 3 heteroatoms. The molecule has 0 fully saturated rings. The van der Waals surface area contributed by atoms with Crippen LogP contribution in [0, 0.1) is 18.3 Å². The third kappa shape index (κ3) is 2.50. The Kier molecular flexibility index (Phi) is 3.75. The zero-order chi connectivity index (χ0) is 11.3. The van der Waals surface area contributed by atoms with E-state index < -0.39 is 0 Å². The molecule has 0 N–H and O–H groups in total. The highest BCUT2D eigenvalue weighted by atomic mass is 16.5. The summed E-state index contributed by atoms with van der Waals surface area (Å²) in [5.41, 5.74) is 1.84. The highest BCUT2D eigenvalue weighted by Gasteiger charge is 2.06. The standard InChI is InChI=1S/C12H13NO2/c1-9-11(14-2)7-10(5-4-6-13)8-12(9)15-3/h4-5,7-8H,1-3H3/b5-4+. The van der Waals surface area contributed by atoms with Crippen molar-refractivity contribution in [2.45, 2.75) is 6.92 Å². The van der Waals surface area contributed by atoms with Crippen LogP contribution in [0.25, 0.3) is 6.08 Å². The molecule has 0 aliphatic rings. The van der Waals surface area contributed by atoms with Crippen LogP contribution in [0.4, 0.5) is 0 Å². The largest absolute Gasteiger partial charge is 0.496 e. The van der Waals surface area contributed by atoms with E-state index in [1.165, 1.54) is 6.08 Å². The fourth-order valence-electron chi connectivity index (χ4n) is 1.34. The first-order valence-electron chi connectivity index (χ1n) is 4.51. The van der Waals surface area contributed by atoms with Gasteiger partial charge >= 0.3 is 0 Å². The summed E-state index contributed by atoms with van der Waals surface area (Å²) in [6, 6.07) is 5.68. The first kappa shape index (κ1) is 11.1. The summed E-state index contributed by atoms with van der Waals surface area (Å²) in [5, 5.41) is 8.44. The van der Waals surface area contributed by atoms with Crippen molar-refractivity contribution in [3.63, 3.8) is 0 Å². The van der Waals surface area contributed by atoms with Crippen LogP contribution in [0.3, 0.4) is 0 Å². The van der Waals surface area contributed by atoms with Crippen LogP contribution in [0.15, 0.2) is 18.2 Å². The van der Waals surface area contributed by atoms with Gasteiger partial charge in [-0.15, -0.1) is 0 Å². The SMILES string of the molecule is COc1cc(/C=C/C#N)cc(OC)c1C. The minimum absolute atomic E-state index is 0.756. The molecule has 78 valence electrons. The van der Waals surface area contributed by atoms with Gasteiger partial charge in [0.15, 0.2) is 0 Å². The van der Waals surface area contributed by atoms with Crippen LogP contribution in [0.1, 0.15) is 11.1 Å². The molecule has 0 aromatic heterocycles. The van der Waals surface area contributed by atoms with Crippen molar-refractivity contribution in [1.82, 2.24) is 0 Å². The third-order valence-electron chi connectivity index (χ3n) is 2.12. The Morgan fingerprint density at radius 1 is 1.20 bits per heavy atom. The molecule has 0 bridgehead atoms. The van der Waals surface area contributed by atoms with Crippen molar-refractivity contribution in [2.75, 3.05) is 14.2 Å². The second-order valence-electron chi connectivity index (χ2n) is 3.01. The van der Waals surface area contributed by atoms with Gasteiger partial charge in [0.05, 0.1) is 20.3 Å². The van der Waals surface area contributed by atoms with Crippen LogP contribution >= 0.6 is 0 Å². The number of methoxy groups -OCH3 is 2. The maximum absolute atomic E-state index is 8.44. The molecule has 0 heterocycles. The predicted octanol–water partition coefficient (Wildman–Crippen LogP) is 2.55. The van der Waals surface area contributed by atoms with Gasteiger partial charge in [0.2, 0.25) is 0 Å². The van der Waals surface area contributed by atoms with E-state index >= 15 is 0 Å². The smallest absolute Gasteiger partial charge is 0.126 e. The molecule has 0 aliphatic heterocycles. The van der Waals surface area contributed by atoms with Crippen molar-refractivity contribution in [3.05, 3.63) is 29.3 Å². The summed E-state index contributed by atoms with van der Waals surface area (Å²) in [5.74, 6) is 1.51. The van der Waals surface area contributed by atoms with Crippen LogP contribution < -0.4 is 9.47 Å². The van der Waals surface area contributed by atoms with Crippen molar-refractivity contribution in [1.29, 1.82) is 5.26 Å². The molecule has 0 spiro atoms. The Morgan fingerprint density at radius 3 is 2.13 bits per heavy atom. The Bertz CT molecular complexity index is 391. The molecule has 0 aliphatic carbocycles. The van der Waals surface area contributed by atoms with Crippen LogP contribution in [-0.4, -0.2) is 14.2 Å². The number of rotatable bonds is 3. The van der Waals surface area contributed by atoms with Gasteiger partial charge in [0, 0.05) is 11.6 Å². The maximum atomic E-state index is 8.44. The molecule has 15 heavy (non-hydrogen) atoms. The third-order valence-corrected chi connectivity index (χ3v) is 2.12. The van der Waals surface area contributed by atoms with Gasteiger partial charge in [0.1, 0.15) is 11.5 Å². The molecule has 3 nitrogen and oxygen atoms in total. The Hall–Kier alpha value is -1.95. The molecule has 0 unspecified atom stereocenters. The molecule has 0 amide bonds. The molecule has 1 aromatic rings. The van der Waals surface area contributed by atoms with E-state index in [0.717, 1.165) is 22.6 Å². The summed E-state index contributed by atoms with van der Waals surface area (Å²) < 4.78 is 10.4. The highest BCUT2D eigenvalue weighted by molar-refractivity contribution is 5.59. The van der Waals surface area contributed by atoms with Crippen LogP contribution in [-0.2, 0) is 0 Å². The summed E-state index contributed by atoms with van der Waals surface area (Å²) in [7, 11) is 3.22. The molecular weight excluding hydrogens is 190 g/mol. The Labute approximate surface area is 89.6 Å². The number of hydrogen-bond acceptors (Lipinski definition) is 3. The second kappa shape index (κ2) is 5.06. The molecule has 0 radical (unpaired) electrons. The van der Waals surface area contributed by atoms with Crippen LogP contribution in [0.2, 0.25) is 0 Å². The first-order valence-corrected chi connectivity index (χ1v) is 4.51. The van der Waals surface area contributed by atoms with Gasteiger partial charge in [0.25, 0.3) is 0 Å². The lowest BCUT2D eigenvalue weighted by molar-refractivity contribution is 0.388. The number of ether oxygens (including phenoxy) is 2. The minimum Gasteiger partial charge on any atom is -0.496 e. The van der Waals surface area contributed by atoms with Gasteiger partial charge in [-0.05, 0) is 30.7 Å². The second-order valence-corrected chi connectivity index (χ2v) is 3.01. The Balaban J connectivity index is 3.21. The van der Waals surface area contributed by atoms with Crippen molar-refractivity contribution >= 4 is 6.08 Å². The summed E-state index contributed by atoms with van der Waals surface area (Å²) in [6.45, 7) is 1.93. The zero-order valence-electron chi connectivity index (χ0n) is 9.07. The van der Waals surface area contributed by atoms with Gasteiger partial charge < -0.3 is 9.47 Å². The van der Waals surface area contributed by atoms with Gasteiger partial charge in [-0.1, -0.05) is 0 Å². The van der Waals surface area contributed by atoms with Crippen molar-refractivity contribution < 1.29 is 9.47 Å². The normalized spacial score (nSPS) is 10.0. The summed E-state index contributed by atoms with van der Waals surface area (Å²) in [6.07, 6.45) is 3.13. The van der Waals surface area contributed by atoms with Crippen molar-refractivity contribution in [3.8, 4) is 17.6 Å². The lowest BCUT2D eigenvalue weighted by atomic mass is 10.1. The predicted molar refractivity (Wildman–Crippen MR) is 58.9 cm³/mol. The minimum atomic E-state index is 0.756. The molecule has 0 saturated heterocycles. The van der Waals surface area contributed by atoms with E-state index in [2.05, 4.69) is 0 Å². The lowest BCUT2D eigenvalue weighted by Gasteiger charge is -2.10.